The van der Waals surface area contributed by atoms with Crippen LogP contribution in [-0.4, -0.2) is 6.04 Å². The van der Waals surface area contributed by atoms with E-state index in [2.05, 4.69) is 12.2 Å². The molecule has 4 heteroatoms. The van der Waals surface area contributed by atoms with Gasteiger partial charge in [0.15, 0.2) is 0 Å². The first-order valence-electron chi connectivity index (χ1n) is 7.81. The van der Waals surface area contributed by atoms with Crippen LogP contribution in [0.25, 0.3) is 0 Å². The fourth-order valence-corrected chi connectivity index (χ4v) is 3.12. The van der Waals surface area contributed by atoms with Gasteiger partial charge in [-0.05, 0) is 43.4 Å². The lowest BCUT2D eigenvalue weighted by molar-refractivity contribution is -0.137. The summed E-state index contributed by atoms with van der Waals surface area (Å²) in [6.07, 6.45) is 1.95. The van der Waals surface area contributed by atoms with Gasteiger partial charge in [0, 0.05) is 12.1 Å². The molecule has 21 heavy (non-hydrogen) atoms. The summed E-state index contributed by atoms with van der Waals surface area (Å²) in [5.41, 5.74) is 0.334. The molecule has 0 aliphatic heterocycles. The predicted octanol–water partition coefficient (Wildman–Crippen LogP) is 5.32. The Morgan fingerprint density at radius 2 is 1.67 bits per heavy atom. The minimum atomic E-state index is -4.26. The van der Waals surface area contributed by atoms with E-state index < -0.39 is 11.7 Å². The molecule has 1 N–H and O–H groups in total. The second kappa shape index (κ2) is 6.82. The van der Waals surface area contributed by atoms with Crippen LogP contribution < -0.4 is 5.32 Å². The van der Waals surface area contributed by atoms with Crippen molar-refractivity contribution in [2.24, 2.45) is 5.92 Å². The number of rotatable bonds is 3. The molecule has 0 heterocycles. The molecule has 1 saturated carbocycles. The van der Waals surface area contributed by atoms with E-state index in [1.807, 2.05) is 6.92 Å². The van der Waals surface area contributed by atoms with Gasteiger partial charge in [0.05, 0.1) is 5.56 Å². The number of hydrogen-bond acceptors (Lipinski definition) is 1. The first-order valence-corrected chi connectivity index (χ1v) is 7.81. The Labute approximate surface area is 124 Å². The highest BCUT2D eigenvalue weighted by Crippen LogP contribution is 2.30. The molecule has 1 nitrogen and oxygen atoms in total. The van der Waals surface area contributed by atoms with Gasteiger partial charge in [-0.3, -0.25) is 0 Å². The van der Waals surface area contributed by atoms with Crippen LogP contribution in [0.3, 0.4) is 0 Å². The Kier molecular flexibility index (Phi) is 5.31. The van der Waals surface area contributed by atoms with E-state index >= 15 is 0 Å². The lowest BCUT2D eigenvalue weighted by atomic mass is 9.95. The molecule has 0 radical (unpaired) electrons. The highest BCUT2D eigenvalue weighted by atomic mass is 19.4. The Morgan fingerprint density at radius 3 is 2.29 bits per heavy atom. The van der Waals surface area contributed by atoms with Gasteiger partial charge in [-0.15, -0.1) is 0 Å². The van der Waals surface area contributed by atoms with E-state index in [1.54, 1.807) is 12.1 Å². The molecule has 0 aromatic heterocycles. The van der Waals surface area contributed by atoms with Crippen LogP contribution in [0.4, 0.5) is 13.2 Å². The van der Waals surface area contributed by atoms with Crippen molar-refractivity contribution in [1.82, 2.24) is 5.32 Å². The molecule has 1 aliphatic rings. The highest BCUT2D eigenvalue weighted by molar-refractivity contribution is 5.26. The zero-order valence-corrected chi connectivity index (χ0v) is 12.7. The maximum atomic E-state index is 12.6. The number of nitrogens with one attached hydrogen (secondary N) is 1. The largest absolute Gasteiger partial charge is 0.416 e. The molecule has 0 bridgehead atoms. The average Bonchev–Trinajstić information content (AvgIpc) is 2.63. The Hall–Kier alpha value is -1.03. The van der Waals surface area contributed by atoms with Crippen molar-refractivity contribution in [3.63, 3.8) is 0 Å². The van der Waals surface area contributed by atoms with Gasteiger partial charge in [-0.2, -0.15) is 13.2 Å². The van der Waals surface area contributed by atoms with Crippen molar-refractivity contribution in [2.45, 2.75) is 64.2 Å². The lowest BCUT2D eigenvalue weighted by Gasteiger charge is -2.27. The summed E-state index contributed by atoms with van der Waals surface area (Å²) in [5, 5.41) is 3.60. The molecule has 1 aromatic carbocycles. The van der Waals surface area contributed by atoms with Crippen LogP contribution in [0.2, 0.25) is 0 Å². The van der Waals surface area contributed by atoms with Crippen molar-refractivity contribution in [1.29, 1.82) is 0 Å². The van der Waals surface area contributed by atoms with Crippen molar-refractivity contribution in [3.05, 3.63) is 35.4 Å². The Balaban J connectivity index is 2.00. The number of hydrogen-bond donors (Lipinski definition) is 1. The minimum absolute atomic E-state index is 0.0813. The van der Waals surface area contributed by atoms with E-state index in [4.69, 9.17) is 0 Å². The second-order valence-electron chi connectivity index (χ2n) is 6.23. The second-order valence-corrected chi connectivity index (χ2v) is 6.23. The third kappa shape index (κ3) is 4.47. The van der Waals surface area contributed by atoms with Crippen LogP contribution >= 0.6 is 0 Å². The fourth-order valence-electron chi connectivity index (χ4n) is 3.12. The third-order valence-corrected chi connectivity index (χ3v) is 4.56. The molecule has 118 valence electrons. The van der Waals surface area contributed by atoms with Crippen molar-refractivity contribution >= 4 is 0 Å². The van der Waals surface area contributed by atoms with E-state index in [9.17, 15) is 13.2 Å². The summed E-state index contributed by atoms with van der Waals surface area (Å²) in [4.78, 5) is 0. The summed E-state index contributed by atoms with van der Waals surface area (Å²) in [5.74, 6) is 0.629. The Bertz CT molecular complexity index is 438. The summed E-state index contributed by atoms with van der Waals surface area (Å²) in [6.45, 7) is 4.29. The van der Waals surface area contributed by atoms with E-state index in [0.29, 0.717) is 12.0 Å². The predicted molar refractivity (Wildman–Crippen MR) is 79.0 cm³/mol. The summed E-state index contributed by atoms with van der Waals surface area (Å²) >= 11 is 0. The molecule has 0 saturated heterocycles. The standard InChI is InChI=1S/C17H24F3N/c1-12-6-4-3-5-7-16(12)21-13(2)14-8-10-15(11-9-14)17(18,19)20/h8-13,16,21H,3-7H2,1-2H3. The van der Waals surface area contributed by atoms with Gasteiger partial charge < -0.3 is 5.32 Å². The first-order chi connectivity index (χ1) is 9.88. The third-order valence-electron chi connectivity index (χ3n) is 4.56. The quantitative estimate of drug-likeness (QED) is 0.744. The van der Waals surface area contributed by atoms with E-state index in [0.717, 1.165) is 12.0 Å². The monoisotopic (exact) mass is 299 g/mol. The van der Waals surface area contributed by atoms with E-state index in [-0.39, 0.29) is 6.04 Å². The average molecular weight is 299 g/mol. The van der Waals surface area contributed by atoms with Crippen molar-refractivity contribution in [3.8, 4) is 0 Å². The van der Waals surface area contributed by atoms with Crippen LogP contribution in [-0.2, 0) is 6.18 Å². The van der Waals surface area contributed by atoms with Gasteiger partial charge in [0.2, 0.25) is 0 Å². The maximum Gasteiger partial charge on any atom is 0.416 e. The molecule has 2 rings (SSSR count). The first kappa shape index (κ1) is 16.3. The molecular formula is C17H24F3N. The van der Waals surface area contributed by atoms with Crippen LogP contribution in [0.5, 0.6) is 0 Å². The lowest BCUT2D eigenvalue weighted by Crippen LogP contribution is -2.36. The topological polar surface area (TPSA) is 12.0 Å². The van der Waals surface area contributed by atoms with E-state index in [1.165, 1.54) is 37.8 Å². The van der Waals surface area contributed by atoms with Gasteiger partial charge in [-0.1, -0.05) is 38.3 Å². The van der Waals surface area contributed by atoms with Gasteiger partial charge in [0.25, 0.3) is 0 Å². The van der Waals surface area contributed by atoms with Gasteiger partial charge in [-0.25, -0.2) is 0 Å². The molecular weight excluding hydrogens is 275 g/mol. The van der Waals surface area contributed by atoms with Crippen LogP contribution in [0, 0.1) is 5.92 Å². The molecule has 3 unspecified atom stereocenters. The fraction of sp³-hybridized carbons (Fsp3) is 0.647. The number of alkyl halides is 3. The molecule has 1 aromatic rings. The zero-order valence-electron chi connectivity index (χ0n) is 12.7. The summed E-state index contributed by atoms with van der Waals surface area (Å²) in [6, 6.07) is 6.06. The minimum Gasteiger partial charge on any atom is -0.307 e. The number of halogens is 3. The smallest absolute Gasteiger partial charge is 0.307 e. The molecule has 0 amide bonds. The maximum absolute atomic E-state index is 12.6. The highest BCUT2D eigenvalue weighted by Gasteiger charge is 2.30. The van der Waals surface area contributed by atoms with Crippen LogP contribution in [0.1, 0.15) is 63.1 Å². The normalized spacial score (nSPS) is 25.4. The SMILES string of the molecule is CC(NC1CCCCCC1C)c1ccc(C(F)(F)F)cc1. The zero-order chi connectivity index (χ0) is 15.5. The van der Waals surface area contributed by atoms with Crippen LogP contribution in [0.15, 0.2) is 24.3 Å². The van der Waals surface area contributed by atoms with Crippen molar-refractivity contribution in [2.75, 3.05) is 0 Å². The molecule has 1 fully saturated rings. The molecule has 3 atom stereocenters. The van der Waals surface area contributed by atoms with Gasteiger partial charge in [0.1, 0.15) is 0 Å². The molecule has 1 aliphatic carbocycles. The molecule has 0 spiro atoms. The van der Waals surface area contributed by atoms with Crippen molar-refractivity contribution < 1.29 is 13.2 Å². The summed E-state index contributed by atoms with van der Waals surface area (Å²) in [7, 11) is 0. The van der Waals surface area contributed by atoms with Gasteiger partial charge >= 0.3 is 6.18 Å². The summed E-state index contributed by atoms with van der Waals surface area (Å²) < 4.78 is 37.7. The Morgan fingerprint density at radius 1 is 1.05 bits per heavy atom. The number of benzene rings is 1.